The zero-order chi connectivity index (χ0) is 16.9. The molecule has 0 saturated heterocycles. The first-order valence-corrected chi connectivity index (χ1v) is 7.33. The summed E-state index contributed by atoms with van der Waals surface area (Å²) in [4.78, 5) is 32.2. The standard InChI is InChI=1S/C17H15N5O2/c1-12-3-2-8-19-17(12)20-15(23)11-22-16(24)5-4-14(21-22)13-6-9-18-10-7-13/h2-10H,11H2,1H3,(H,19,20,23). The SMILES string of the molecule is Cc1cccnc1NC(=O)Cn1nc(-c2ccncc2)ccc1=O. The van der Waals surface area contributed by atoms with Crippen LogP contribution in [0.2, 0.25) is 0 Å². The van der Waals surface area contributed by atoms with E-state index in [4.69, 9.17) is 0 Å². The summed E-state index contributed by atoms with van der Waals surface area (Å²) < 4.78 is 1.13. The molecule has 0 spiro atoms. The van der Waals surface area contributed by atoms with E-state index in [1.165, 1.54) is 6.07 Å². The fourth-order valence-corrected chi connectivity index (χ4v) is 2.16. The van der Waals surface area contributed by atoms with Crippen molar-refractivity contribution in [2.75, 3.05) is 5.32 Å². The summed E-state index contributed by atoms with van der Waals surface area (Å²) in [5.74, 6) is 0.110. The molecule has 0 radical (unpaired) electrons. The highest BCUT2D eigenvalue weighted by Gasteiger charge is 2.10. The van der Waals surface area contributed by atoms with E-state index in [9.17, 15) is 9.59 Å². The molecule has 3 aromatic heterocycles. The van der Waals surface area contributed by atoms with Crippen molar-refractivity contribution >= 4 is 11.7 Å². The molecule has 0 unspecified atom stereocenters. The van der Waals surface area contributed by atoms with Crippen LogP contribution in [0, 0.1) is 6.92 Å². The van der Waals surface area contributed by atoms with Crippen molar-refractivity contribution in [1.29, 1.82) is 0 Å². The van der Waals surface area contributed by atoms with Gasteiger partial charge in [0.2, 0.25) is 5.91 Å². The molecule has 120 valence electrons. The van der Waals surface area contributed by atoms with Gasteiger partial charge in [0.15, 0.2) is 0 Å². The average molecular weight is 321 g/mol. The lowest BCUT2D eigenvalue weighted by Gasteiger charge is -2.09. The van der Waals surface area contributed by atoms with Crippen molar-refractivity contribution in [3.8, 4) is 11.3 Å². The van der Waals surface area contributed by atoms with Crippen LogP contribution in [0.1, 0.15) is 5.56 Å². The van der Waals surface area contributed by atoms with E-state index in [0.717, 1.165) is 15.8 Å². The molecule has 1 N–H and O–H groups in total. The summed E-state index contributed by atoms with van der Waals surface area (Å²) in [6.07, 6.45) is 4.88. The molecule has 0 aliphatic heterocycles. The Morgan fingerprint density at radius 2 is 1.92 bits per heavy atom. The third-order valence-electron chi connectivity index (χ3n) is 3.40. The number of carbonyl (C=O) groups is 1. The van der Waals surface area contributed by atoms with Gasteiger partial charge in [-0.1, -0.05) is 6.07 Å². The smallest absolute Gasteiger partial charge is 0.267 e. The monoisotopic (exact) mass is 321 g/mol. The third kappa shape index (κ3) is 3.52. The van der Waals surface area contributed by atoms with Gasteiger partial charge in [-0.2, -0.15) is 5.10 Å². The van der Waals surface area contributed by atoms with Gasteiger partial charge in [0.1, 0.15) is 12.4 Å². The molecule has 0 aromatic carbocycles. The number of aromatic nitrogens is 4. The van der Waals surface area contributed by atoms with Gasteiger partial charge >= 0.3 is 0 Å². The highest BCUT2D eigenvalue weighted by molar-refractivity contribution is 5.90. The van der Waals surface area contributed by atoms with Crippen molar-refractivity contribution in [3.63, 3.8) is 0 Å². The molecule has 0 atom stereocenters. The lowest BCUT2D eigenvalue weighted by atomic mass is 10.2. The number of anilines is 1. The maximum Gasteiger partial charge on any atom is 0.267 e. The van der Waals surface area contributed by atoms with Crippen LogP contribution in [0.5, 0.6) is 0 Å². The van der Waals surface area contributed by atoms with Gasteiger partial charge in [0.05, 0.1) is 5.69 Å². The molecule has 3 heterocycles. The van der Waals surface area contributed by atoms with E-state index < -0.39 is 0 Å². The Labute approximate surface area is 138 Å². The molecule has 3 aromatic rings. The van der Waals surface area contributed by atoms with Crippen LogP contribution in [-0.4, -0.2) is 25.7 Å². The number of rotatable bonds is 4. The van der Waals surface area contributed by atoms with Gasteiger partial charge in [-0.15, -0.1) is 0 Å². The van der Waals surface area contributed by atoms with Crippen LogP contribution in [0.25, 0.3) is 11.3 Å². The van der Waals surface area contributed by atoms with Gasteiger partial charge in [-0.3, -0.25) is 14.6 Å². The Morgan fingerprint density at radius 1 is 1.12 bits per heavy atom. The molecule has 0 aliphatic rings. The van der Waals surface area contributed by atoms with Crippen LogP contribution in [0.3, 0.4) is 0 Å². The number of nitrogens with zero attached hydrogens (tertiary/aromatic N) is 4. The van der Waals surface area contributed by atoms with E-state index in [-0.39, 0.29) is 18.0 Å². The van der Waals surface area contributed by atoms with Gasteiger partial charge in [-0.25, -0.2) is 9.67 Å². The lowest BCUT2D eigenvalue weighted by Crippen LogP contribution is -2.29. The molecule has 7 nitrogen and oxygen atoms in total. The molecule has 1 amide bonds. The Balaban J connectivity index is 1.81. The highest BCUT2D eigenvalue weighted by Crippen LogP contribution is 2.13. The Hall–Kier alpha value is -3.35. The van der Waals surface area contributed by atoms with Crippen LogP contribution >= 0.6 is 0 Å². The zero-order valence-electron chi connectivity index (χ0n) is 13.0. The summed E-state index contributed by atoms with van der Waals surface area (Å²) in [5.41, 5.74) is 1.91. The topological polar surface area (TPSA) is 89.8 Å². The fourth-order valence-electron chi connectivity index (χ4n) is 2.16. The number of aryl methyl sites for hydroxylation is 1. The van der Waals surface area contributed by atoms with Crippen LogP contribution in [0.15, 0.2) is 59.8 Å². The molecular weight excluding hydrogens is 306 g/mol. The van der Waals surface area contributed by atoms with E-state index in [1.54, 1.807) is 42.9 Å². The van der Waals surface area contributed by atoms with E-state index in [1.807, 2.05) is 13.0 Å². The Bertz CT molecular complexity index is 922. The maximum atomic E-state index is 12.2. The number of hydrogen-bond acceptors (Lipinski definition) is 5. The summed E-state index contributed by atoms with van der Waals surface area (Å²) in [6, 6.07) is 10.2. The molecule has 0 bridgehead atoms. The largest absolute Gasteiger partial charge is 0.309 e. The second kappa shape index (κ2) is 6.82. The lowest BCUT2D eigenvalue weighted by molar-refractivity contribution is -0.117. The summed E-state index contributed by atoms with van der Waals surface area (Å²) in [7, 11) is 0. The number of hydrogen-bond donors (Lipinski definition) is 1. The molecule has 0 aliphatic carbocycles. The number of amides is 1. The van der Waals surface area contributed by atoms with E-state index >= 15 is 0 Å². The summed E-state index contributed by atoms with van der Waals surface area (Å²) >= 11 is 0. The Morgan fingerprint density at radius 3 is 2.67 bits per heavy atom. The maximum absolute atomic E-state index is 12.2. The molecule has 3 rings (SSSR count). The normalized spacial score (nSPS) is 10.4. The van der Waals surface area contributed by atoms with E-state index in [0.29, 0.717) is 11.5 Å². The van der Waals surface area contributed by atoms with Crippen LogP contribution < -0.4 is 10.9 Å². The van der Waals surface area contributed by atoms with Crippen LogP contribution in [0.4, 0.5) is 5.82 Å². The molecule has 24 heavy (non-hydrogen) atoms. The fraction of sp³-hybridized carbons (Fsp3) is 0.118. The number of carbonyl (C=O) groups excluding carboxylic acids is 1. The van der Waals surface area contributed by atoms with Crippen LogP contribution in [-0.2, 0) is 11.3 Å². The number of nitrogens with one attached hydrogen (secondary N) is 1. The van der Waals surface area contributed by atoms with E-state index in [2.05, 4.69) is 20.4 Å². The predicted molar refractivity (Wildman–Crippen MR) is 89.3 cm³/mol. The zero-order valence-corrected chi connectivity index (χ0v) is 13.0. The second-order valence-electron chi connectivity index (χ2n) is 5.17. The van der Waals surface area contributed by atoms with Gasteiger partial charge in [-0.05, 0) is 36.8 Å². The highest BCUT2D eigenvalue weighted by atomic mass is 16.2. The van der Waals surface area contributed by atoms with Crippen molar-refractivity contribution in [1.82, 2.24) is 19.7 Å². The third-order valence-corrected chi connectivity index (χ3v) is 3.40. The first-order valence-electron chi connectivity index (χ1n) is 7.33. The van der Waals surface area contributed by atoms with Crippen molar-refractivity contribution in [2.24, 2.45) is 0 Å². The van der Waals surface area contributed by atoms with Crippen molar-refractivity contribution in [2.45, 2.75) is 13.5 Å². The first kappa shape index (κ1) is 15.5. The minimum absolute atomic E-state index is 0.187. The molecule has 7 heteroatoms. The number of pyridine rings is 2. The van der Waals surface area contributed by atoms with Crippen molar-refractivity contribution in [3.05, 3.63) is 70.9 Å². The molecule has 0 saturated carbocycles. The summed E-state index contributed by atoms with van der Waals surface area (Å²) in [5, 5.41) is 6.93. The van der Waals surface area contributed by atoms with Gasteiger partial charge in [0, 0.05) is 30.2 Å². The predicted octanol–water partition coefficient (Wildman–Crippen LogP) is 1.65. The second-order valence-corrected chi connectivity index (χ2v) is 5.17. The van der Waals surface area contributed by atoms with Gasteiger partial charge in [0.25, 0.3) is 5.56 Å². The molecular formula is C17H15N5O2. The first-order chi connectivity index (χ1) is 11.6. The minimum atomic E-state index is -0.363. The average Bonchev–Trinajstić information content (AvgIpc) is 2.60. The van der Waals surface area contributed by atoms with Crippen molar-refractivity contribution < 1.29 is 4.79 Å². The quantitative estimate of drug-likeness (QED) is 0.789. The summed E-state index contributed by atoms with van der Waals surface area (Å²) in [6.45, 7) is 1.66. The Kier molecular flexibility index (Phi) is 4.42. The van der Waals surface area contributed by atoms with Gasteiger partial charge < -0.3 is 5.32 Å². The molecule has 0 fully saturated rings. The minimum Gasteiger partial charge on any atom is -0.309 e.